The SMILES string of the molecule is CC1=Nc2ccnc(OC(C)C)c2C(c2cccc([N+](=O)[O-])c2)C1C(=O)OCCN(C)C. The molecule has 0 bridgehead atoms. The first kappa shape index (κ1) is 23.3. The van der Waals surface area contributed by atoms with Crippen LogP contribution >= 0.6 is 0 Å². The topological polar surface area (TPSA) is 107 Å². The van der Waals surface area contributed by atoms with Gasteiger partial charge >= 0.3 is 5.97 Å². The fourth-order valence-electron chi connectivity index (χ4n) is 3.74. The van der Waals surface area contributed by atoms with Gasteiger partial charge in [0.1, 0.15) is 12.5 Å². The molecule has 0 N–H and O–H groups in total. The molecule has 0 saturated heterocycles. The van der Waals surface area contributed by atoms with E-state index in [9.17, 15) is 14.9 Å². The van der Waals surface area contributed by atoms with Gasteiger partial charge in [0, 0.05) is 42.1 Å². The number of rotatable bonds is 8. The van der Waals surface area contributed by atoms with Gasteiger partial charge in [0.25, 0.3) is 5.69 Å². The van der Waals surface area contributed by atoms with Crippen LogP contribution in [0.5, 0.6) is 5.88 Å². The van der Waals surface area contributed by atoms with Crippen LogP contribution in [0.2, 0.25) is 0 Å². The number of hydrogen-bond donors (Lipinski definition) is 0. The minimum atomic E-state index is -0.759. The normalized spacial score (nSPS) is 17.7. The molecule has 2 atom stereocenters. The lowest BCUT2D eigenvalue weighted by atomic mass is 9.76. The molecular formula is C23H28N4O5. The number of likely N-dealkylation sites (N-methyl/N-ethyl adjacent to an activating group) is 1. The molecule has 9 nitrogen and oxygen atoms in total. The minimum absolute atomic E-state index is 0.0563. The maximum atomic E-state index is 13.2. The molecule has 1 aromatic heterocycles. The maximum absolute atomic E-state index is 13.2. The first-order valence-electron chi connectivity index (χ1n) is 10.5. The fourth-order valence-corrected chi connectivity index (χ4v) is 3.74. The average molecular weight is 441 g/mol. The number of aliphatic imine (C=N–C) groups is 1. The summed E-state index contributed by atoms with van der Waals surface area (Å²) in [4.78, 5) is 35.1. The van der Waals surface area contributed by atoms with E-state index < -0.39 is 22.7 Å². The van der Waals surface area contributed by atoms with Gasteiger partial charge in [-0.15, -0.1) is 0 Å². The van der Waals surface area contributed by atoms with E-state index in [2.05, 4.69) is 9.98 Å². The number of hydrogen-bond acceptors (Lipinski definition) is 8. The molecule has 2 aromatic rings. The monoisotopic (exact) mass is 440 g/mol. The molecule has 1 aromatic carbocycles. The Hall–Kier alpha value is -3.33. The summed E-state index contributed by atoms with van der Waals surface area (Å²) in [6.45, 7) is 6.35. The van der Waals surface area contributed by atoms with Crippen LogP contribution in [0.4, 0.5) is 11.4 Å². The lowest BCUT2D eigenvalue weighted by Gasteiger charge is -2.32. The molecule has 1 aliphatic heterocycles. The van der Waals surface area contributed by atoms with Crippen molar-refractivity contribution in [1.82, 2.24) is 9.88 Å². The largest absolute Gasteiger partial charge is 0.475 e. The zero-order valence-electron chi connectivity index (χ0n) is 18.9. The number of pyridine rings is 1. The van der Waals surface area contributed by atoms with E-state index in [-0.39, 0.29) is 18.4 Å². The van der Waals surface area contributed by atoms with Gasteiger partial charge in [0.15, 0.2) is 0 Å². The highest BCUT2D eigenvalue weighted by molar-refractivity contribution is 6.05. The molecule has 2 heterocycles. The zero-order valence-corrected chi connectivity index (χ0v) is 18.9. The van der Waals surface area contributed by atoms with Crippen molar-refractivity contribution >= 4 is 23.1 Å². The molecule has 170 valence electrons. The van der Waals surface area contributed by atoms with Crippen LogP contribution in [-0.2, 0) is 9.53 Å². The van der Waals surface area contributed by atoms with E-state index in [1.54, 1.807) is 31.3 Å². The highest BCUT2D eigenvalue weighted by atomic mass is 16.6. The predicted octanol–water partition coefficient (Wildman–Crippen LogP) is 3.74. The van der Waals surface area contributed by atoms with Crippen molar-refractivity contribution < 1.29 is 19.2 Å². The minimum Gasteiger partial charge on any atom is -0.475 e. The summed E-state index contributed by atoms with van der Waals surface area (Å²) in [6, 6.07) is 8.05. The van der Waals surface area contributed by atoms with E-state index in [0.717, 1.165) is 0 Å². The lowest BCUT2D eigenvalue weighted by Crippen LogP contribution is -2.35. The number of esters is 1. The van der Waals surface area contributed by atoms with Crippen LogP contribution in [0.3, 0.4) is 0 Å². The molecule has 0 radical (unpaired) electrons. The van der Waals surface area contributed by atoms with Gasteiger partial charge in [0.05, 0.1) is 16.7 Å². The van der Waals surface area contributed by atoms with Gasteiger partial charge in [-0.25, -0.2) is 4.98 Å². The number of nitro groups is 1. The summed E-state index contributed by atoms with van der Waals surface area (Å²) in [5, 5.41) is 11.4. The molecule has 1 aliphatic rings. The van der Waals surface area contributed by atoms with Crippen LogP contribution in [0.25, 0.3) is 0 Å². The Morgan fingerprint density at radius 1 is 1.28 bits per heavy atom. The number of nitro benzene ring substituents is 1. The number of ether oxygens (including phenoxy) is 2. The summed E-state index contributed by atoms with van der Waals surface area (Å²) in [5.41, 5.74) is 2.37. The third kappa shape index (κ3) is 5.11. The number of aromatic nitrogens is 1. The Kier molecular flexibility index (Phi) is 7.19. The van der Waals surface area contributed by atoms with E-state index in [1.165, 1.54) is 12.1 Å². The number of carbonyl (C=O) groups excluding carboxylic acids is 1. The van der Waals surface area contributed by atoms with E-state index in [0.29, 0.717) is 35.0 Å². The summed E-state index contributed by atoms with van der Waals surface area (Å²) >= 11 is 0. The van der Waals surface area contributed by atoms with Crippen molar-refractivity contribution in [2.75, 3.05) is 27.2 Å². The second-order valence-electron chi connectivity index (χ2n) is 8.25. The van der Waals surface area contributed by atoms with Crippen LogP contribution < -0.4 is 4.74 Å². The van der Waals surface area contributed by atoms with Gasteiger partial charge in [-0.05, 0) is 46.5 Å². The molecule has 0 amide bonds. The number of carbonyl (C=O) groups is 1. The molecule has 0 saturated carbocycles. The van der Waals surface area contributed by atoms with Gasteiger partial charge in [-0.1, -0.05) is 12.1 Å². The van der Waals surface area contributed by atoms with Crippen molar-refractivity contribution in [3.63, 3.8) is 0 Å². The Balaban J connectivity index is 2.14. The third-order valence-corrected chi connectivity index (χ3v) is 5.15. The van der Waals surface area contributed by atoms with Gasteiger partial charge in [0.2, 0.25) is 5.88 Å². The molecule has 0 aliphatic carbocycles. The van der Waals surface area contributed by atoms with Gasteiger partial charge < -0.3 is 14.4 Å². The van der Waals surface area contributed by atoms with E-state index >= 15 is 0 Å². The van der Waals surface area contributed by atoms with Crippen molar-refractivity contribution in [1.29, 1.82) is 0 Å². The van der Waals surface area contributed by atoms with Crippen LogP contribution in [0, 0.1) is 16.0 Å². The first-order valence-corrected chi connectivity index (χ1v) is 10.5. The average Bonchev–Trinajstić information content (AvgIpc) is 2.72. The smallest absolute Gasteiger partial charge is 0.315 e. The van der Waals surface area contributed by atoms with Crippen molar-refractivity contribution in [2.24, 2.45) is 10.9 Å². The zero-order chi connectivity index (χ0) is 23.4. The van der Waals surface area contributed by atoms with Gasteiger partial charge in [-0.2, -0.15) is 0 Å². The van der Waals surface area contributed by atoms with Crippen LogP contribution in [0.1, 0.15) is 37.8 Å². The summed E-state index contributed by atoms with van der Waals surface area (Å²) in [5.74, 6) is -1.42. The molecule has 0 spiro atoms. The summed E-state index contributed by atoms with van der Waals surface area (Å²) in [7, 11) is 3.79. The van der Waals surface area contributed by atoms with Crippen LogP contribution in [-0.4, -0.2) is 59.8 Å². The lowest BCUT2D eigenvalue weighted by molar-refractivity contribution is -0.384. The Labute approximate surface area is 187 Å². The number of fused-ring (bicyclic) bond motifs is 1. The Morgan fingerprint density at radius 2 is 2.03 bits per heavy atom. The Bertz CT molecular complexity index is 1030. The van der Waals surface area contributed by atoms with Crippen molar-refractivity contribution in [3.8, 4) is 5.88 Å². The second kappa shape index (κ2) is 9.86. The first-order chi connectivity index (χ1) is 15.2. The quantitative estimate of drug-likeness (QED) is 0.350. The molecule has 9 heteroatoms. The third-order valence-electron chi connectivity index (χ3n) is 5.15. The van der Waals surface area contributed by atoms with Crippen molar-refractivity contribution in [3.05, 3.63) is 57.8 Å². The molecule has 2 unspecified atom stereocenters. The molecule has 32 heavy (non-hydrogen) atoms. The maximum Gasteiger partial charge on any atom is 0.315 e. The molecule has 0 fully saturated rings. The molecular weight excluding hydrogens is 412 g/mol. The van der Waals surface area contributed by atoms with E-state index in [1.807, 2.05) is 32.8 Å². The number of benzene rings is 1. The summed E-state index contributed by atoms with van der Waals surface area (Å²) < 4.78 is 11.5. The highest BCUT2D eigenvalue weighted by Crippen LogP contribution is 2.47. The van der Waals surface area contributed by atoms with E-state index in [4.69, 9.17) is 9.47 Å². The second-order valence-corrected chi connectivity index (χ2v) is 8.25. The standard InChI is InChI=1S/C23H28N4O5/c1-14(2)32-22-21-18(9-10-24-22)25-15(3)19(23(28)31-12-11-26(4)5)20(21)16-7-6-8-17(13-16)27(29)30/h6-10,13-14,19-20H,11-12H2,1-5H3. The highest BCUT2D eigenvalue weighted by Gasteiger charge is 2.41. The Morgan fingerprint density at radius 3 is 2.69 bits per heavy atom. The van der Waals surface area contributed by atoms with Gasteiger partial charge in [-0.3, -0.25) is 19.9 Å². The molecule has 3 rings (SSSR count). The fraction of sp³-hybridized carbons (Fsp3) is 0.435. The van der Waals surface area contributed by atoms with Crippen molar-refractivity contribution in [2.45, 2.75) is 32.8 Å². The van der Waals surface area contributed by atoms with Crippen LogP contribution in [0.15, 0.2) is 41.5 Å². The predicted molar refractivity (Wildman–Crippen MR) is 121 cm³/mol. The number of nitrogens with zero attached hydrogens (tertiary/aromatic N) is 4. The summed E-state index contributed by atoms with van der Waals surface area (Å²) in [6.07, 6.45) is 1.45. The number of non-ortho nitro benzene ring substituents is 1.